The first-order chi connectivity index (χ1) is 13.9. The fourth-order valence-electron chi connectivity index (χ4n) is 3.70. The number of benzene rings is 3. The quantitative estimate of drug-likeness (QED) is 0.336. The molecule has 0 nitrogen and oxygen atoms in total. The molecule has 3 aromatic carbocycles. The fourth-order valence-corrected chi connectivity index (χ4v) is 3.70. The van der Waals surface area contributed by atoms with Crippen LogP contribution in [-0.2, 0) is 0 Å². The Hall–Kier alpha value is -2.62. The van der Waals surface area contributed by atoms with Crippen LogP contribution in [0.2, 0.25) is 0 Å². The zero-order chi connectivity index (χ0) is 20.7. The molecular weight excluding hydrogens is 352 g/mol. The van der Waals surface area contributed by atoms with Crippen molar-refractivity contribution in [3.63, 3.8) is 0 Å². The third kappa shape index (κ3) is 3.48. The van der Waals surface area contributed by atoms with Gasteiger partial charge in [-0.15, -0.1) is 0 Å². The van der Waals surface area contributed by atoms with Gasteiger partial charge in [0.05, 0.1) is 2.74 Å². The van der Waals surface area contributed by atoms with E-state index in [9.17, 15) is 17.6 Å². The Morgan fingerprint density at radius 2 is 1.30 bits per heavy atom. The van der Waals surface area contributed by atoms with Crippen molar-refractivity contribution in [2.75, 3.05) is 0 Å². The normalized spacial score (nSPS) is 15.7. The van der Waals surface area contributed by atoms with Crippen molar-refractivity contribution in [3.05, 3.63) is 83.4 Å². The van der Waals surface area contributed by atoms with Crippen molar-refractivity contribution in [2.45, 2.75) is 31.6 Å². The molecule has 138 valence electrons. The highest BCUT2D eigenvalue weighted by molar-refractivity contribution is 5.71. The summed E-state index contributed by atoms with van der Waals surface area (Å²) in [6, 6.07) is 9.81. The van der Waals surface area contributed by atoms with Crippen LogP contribution in [0.4, 0.5) is 17.6 Å². The van der Waals surface area contributed by atoms with Crippen LogP contribution in [0.25, 0.3) is 22.3 Å². The van der Waals surface area contributed by atoms with E-state index in [4.69, 9.17) is 2.74 Å². The molecule has 4 heteroatoms. The Balaban J connectivity index is 1.71. The third-order valence-corrected chi connectivity index (χ3v) is 5.16. The Labute approximate surface area is 158 Å². The molecule has 0 unspecified atom stereocenters. The number of halogens is 4. The summed E-state index contributed by atoms with van der Waals surface area (Å²) in [6.45, 7) is 0. The second kappa shape index (κ2) is 7.18. The van der Waals surface area contributed by atoms with E-state index in [1.807, 2.05) is 24.3 Å². The van der Waals surface area contributed by atoms with Gasteiger partial charge in [0.2, 0.25) is 0 Å². The Kier molecular flexibility index (Phi) is 4.11. The smallest absolute Gasteiger partial charge is 0.194 e. The lowest BCUT2D eigenvalue weighted by atomic mass is 9.94. The maximum atomic E-state index is 14.8. The van der Waals surface area contributed by atoms with E-state index >= 15 is 0 Å². The Morgan fingerprint density at radius 3 is 1.89 bits per heavy atom. The summed E-state index contributed by atoms with van der Waals surface area (Å²) in [5, 5.41) is 0. The van der Waals surface area contributed by atoms with Crippen LogP contribution < -0.4 is 0 Å². The largest absolute Gasteiger partial charge is 0.206 e. The molecule has 1 saturated carbocycles. The first-order valence-corrected chi connectivity index (χ1v) is 8.92. The first kappa shape index (κ1) is 15.4. The zero-order valence-electron chi connectivity index (χ0n) is 16.5. The summed E-state index contributed by atoms with van der Waals surface area (Å²) in [5.74, 6) is -5.64. The molecule has 0 aromatic heterocycles. The maximum Gasteiger partial charge on any atom is 0.194 e. The van der Waals surface area contributed by atoms with Gasteiger partial charge in [-0.1, -0.05) is 49.2 Å². The maximum absolute atomic E-state index is 14.8. The van der Waals surface area contributed by atoms with E-state index in [0.717, 1.165) is 5.56 Å². The van der Waals surface area contributed by atoms with E-state index in [-0.39, 0.29) is 5.56 Å². The van der Waals surface area contributed by atoms with Gasteiger partial charge in [-0.2, -0.15) is 0 Å². The van der Waals surface area contributed by atoms with Crippen molar-refractivity contribution >= 4 is 0 Å². The molecule has 0 N–H and O–H groups in total. The molecule has 1 aliphatic carbocycles. The van der Waals surface area contributed by atoms with Crippen molar-refractivity contribution in [3.8, 4) is 22.3 Å². The highest BCUT2D eigenvalue weighted by Crippen LogP contribution is 2.35. The predicted molar refractivity (Wildman–Crippen MR) is 98.4 cm³/mol. The molecule has 1 aliphatic rings. The lowest BCUT2D eigenvalue weighted by Crippen LogP contribution is -1.94. The molecule has 0 bridgehead atoms. The van der Waals surface area contributed by atoms with Crippen molar-refractivity contribution in [1.29, 1.82) is 0 Å². The molecule has 0 amide bonds. The van der Waals surface area contributed by atoms with Gasteiger partial charge in [0.25, 0.3) is 0 Å². The SMILES string of the molecule is [2H]c1c(F)c(F)c(F)c([2H])c1-c1ccc(-c2ccc(C3CCCC3)cc2)cc1F. The van der Waals surface area contributed by atoms with Crippen molar-refractivity contribution in [1.82, 2.24) is 0 Å². The predicted octanol–water partition coefficient (Wildman–Crippen LogP) is 7.23. The lowest BCUT2D eigenvalue weighted by Gasteiger charge is -2.11. The summed E-state index contributed by atoms with van der Waals surface area (Å²) < 4.78 is 71.0. The van der Waals surface area contributed by atoms with Crippen LogP contribution in [0.15, 0.2) is 54.5 Å². The lowest BCUT2D eigenvalue weighted by molar-refractivity contribution is 0.447. The van der Waals surface area contributed by atoms with Crippen LogP contribution in [0.1, 0.15) is 39.9 Å². The van der Waals surface area contributed by atoms with E-state index in [1.165, 1.54) is 43.4 Å². The minimum Gasteiger partial charge on any atom is -0.206 e. The van der Waals surface area contributed by atoms with Crippen LogP contribution in [-0.4, -0.2) is 0 Å². The number of hydrogen-bond donors (Lipinski definition) is 0. The standard InChI is InChI=1S/C23H18F4/c24-20-11-17(16-7-5-15(6-8-16)14-3-1-2-4-14)9-10-19(20)18-12-21(25)23(27)22(26)13-18/h5-14H,1-4H2/i12D,13D. The van der Waals surface area contributed by atoms with Gasteiger partial charge >= 0.3 is 0 Å². The molecule has 3 aromatic rings. The second-order valence-corrected chi connectivity index (χ2v) is 6.86. The van der Waals surface area contributed by atoms with Gasteiger partial charge in [0.15, 0.2) is 17.5 Å². The molecule has 0 atom stereocenters. The Bertz CT molecular complexity index is 1040. The Morgan fingerprint density at radius 1 is 0.704 bits per heavy atom. The molecular formula is C23H18F4. The summed E-state index contributed by atoms with van der Waals surface area (Å²) in [7, 11) is 0. The number of hydrogen-bond acceptors (Lipinski definition) is 0. The fraction of sp³-hybridized carbons (Fsp3) is 0.217. The highest BCUT2D eigenvalue weighted by atomic mass is 19.2. The van der Waals surface area contributed by atoms with Gasteiger partial charge in [0, 0.05) is 5.56 Å². The average Bonchev–Trinajstić information content (AvgIpc) is 3.27. The third-order valence-electron chi connectivity index (χ3n) is 5.16. The molecule has 0 aliphatic heterocycles. The summed E-state index contributed by atoms with van der Waals surface area (Å²) in [4.78, 5) is 0. The first-order valence-electron chi connectivity index (χ1n) is 9.92. The topological polar surface area (TPSA) is 0 Å². The molecule has 0 radical (unpaired) electrons. The zero-order valence-corrected chi connectivity index (χ0v) is 14.5. The van der Waals surface area contributed by atoms with Gasteiger partial charge in [-0.05, 0) is 59.2 Å². The monoisotopic (exact) mass is 372 g/mol. The second-order valence-electron chi connectivity index (χ2n) is 6.86. The van der Waals surface area contributed by atoms with Gasteiger partial charge in [-0.25, -0.2) is 17.6 Å². The number of rotatable bonds is 3. The highest BCUT2D eigenvalue weighted by Gasteiger charge is 2.17. The van der Waals surface area contributed by atoms with Crippen LogP contribution in [0.3, 0.4) is 0 Å². The average molecular weight is 372 g/mol. The van der Waals surface area contributed by atoms with Crippen molar-refractivity contribution < 1.29 is 20.3 Å². The van der Waals surface area contributed by atoms with Crippen molar-refractivity contribution in [2.24, 2.45) is 0 Å². The molecule has 4 rings (SSSR count). The van der Waals surface area contributed by atoms with Gasteiger partial charge < -0.3 is 0 Å². The molecule has 0 heterocycles. The minimum atomic E-state index is -1.90. The van der Waals surface area contributed by atoms with E-state index in [1.54, 1.807) is 6.07 Å². The van der Waals surface area contributed by atoms with Gasteiger partial charge in [0.1, 0.15) is 5.82 Å². The summed E-state index contributed by atoms with van der Waals surface area (Å²) in [6.07, 6.45) is 4.83. The molecule has 0 spiro atoms. The summed E-state index contributed by atoms with van der Waals surface area (Å²) >= 11 is 0. The summed E-state index contributed by atoms with van der Waals surface area (Å²) in [5.41, 5.74) is 1.68. The van der Waals surface area contributed by atoms with Crippen LogP contribution in [0, 0.1) is 23.3 Å². The molecule has 0 saturated heterocycles. The van der Waals surface area contributed by atoms with E-state index in [2.05, 4.69) is 0 Å². The van der Waals surface area contributed by atoms with Gasteiger partial charge in [-0.3, -0.25) is 0 Å². The van der Waals surface area contributed by atoms with E-state index in [0.29, 0.717) is 11.5 Å². The molecule has 1 fully saturated rings. The minimum absolute atomic E-state index is 0.316. The van der Waals surface area contributed by atoms with Crippen LogP contribution in [0.5, 0.6) is 0 Å². The van der Waals surface area contributed by atoms with Crippen LogP contribution >= 0.6 is 0 Å². The van der Waals surface area contributed by atoms with E-state index < -0.39 is 40.9 Å². The molecule has 27 heavy (non-hydrogen) atoms.